The van der Waals surface area contributed by atoms with Crippen molar-refractivity contribution in [2.75, 3.05) is 32.6 Å². The molecule has 1 heterocycles. The van der Waals surface area contributed by atoms with Gasteiger partial charge < -0.3 is 20.5 Å². The predicted octanol–water partition coefficient (Wildman–Crippen LogP) is 1.04. The standard InChI is InChI=1S/C13H18N2O3/c1-17-11-4-2-3-10(14)12(11)13(16)15-7-9-5-6-18-8-9/h2-4,9H,5-8,14H2,1H3,(H,15,16). The molecule has 5 nitrogen and oxygen atoms in total. The van der Waals surface area contributed by atoms with Crippen molar-refractivity contribution in [3.8, 4) is 5.75 Å². The lowest BCUT2D eigenvalue weighted by atomic mass is 10.1. The summed E-state index contributed by atoms with van der Waals surface area (Å²) in [6, 6.07) is 5.18. The average molecular weight is 250 g/mol. The molecule has 1 aliphatic heterocycles. The maximum atomic E-state index is 12.1. The van der Waals surface area contributed by atoms with Crippen LogP contribution in [0.2, 0.25) is 0 Å². The SMILES string of the molecule is COc1cccc(N)c1C(=O)NCC1CCOC1. The summed E-state index contributed by atoms with van der Waals surface area (Å²) < 4.78 is 10.4. The monoisotopic (exact) mass is 250 g/mol. The third-order valence-electron chi connectivity index (χ3n) is 3.08. The second-order valence-corrected chi connectivity index (χ2v) is 4.36. The Morgan fingerprint density at radius 2 is 2.44 bits per heavy atom. The highest BCUT2D eigenvalue weighted by molar-refractivity contribution is 6.01. The quantitative estimate of drug-likeness (QED) is 0.783. The van der Waals surface area contributed by atoms with Crippen LogP contribution in [0, 0.1) is 5.92 Å². The van der Waals surface area contributed by atoms with E-state index in [-0.39, 0.29) is 5.91 Å². The van der Waals surface area contributed by atoms with E-state index in [2.05, 4.69) is 5.32 Å². The smallest absolute Gasteiger partial charge is 0.257 e. The van der Waals surface area contributed by atoms with Crippen LogP contribution in [0.3, 0.4) is 0 Å². The second-order valence-electron chi connectivity index (χ2n) is 4.36. The Bertz CT molecular complexity index is 428. The highest BCUT2D eigenvalue weighted by Crippen LogP contribution is 2.24. The fourth-order valence-corrected chi connectivity index (χ4v) is 2.03. The number of rotatable bonds is 4. The van der Waals surface area contributed by atoms with Gasteiger partial charge in [-0.3, -0.25) is 4.79 Å². The van der Waals surface area contributed by atoms with E-state index in [1.165, 1.54) is 7.11 Å². The Morgan fingerprint density at radius 3 is 3.11 bits per heavy atom. The third kappa shape index (κ3) is 2.73. The molecule has 3 N–H and O–H groups in total. The molecule has 0 bridgehead atoms. The van der Waals surface area contributed by atoms with Crippen molar-refractivity contribution in [3.05, 3.63) is 23.8 Å². The van der Waals surface area contributed by atoms with Gasteiger partial charge in [-0.15, -0.1) is 0 Å². The van der Waals surface area contributed by atoms with E-state index in [0.29, 0.717) is 36.1 Å². The molecule has 0 aromatic heterocycles. The van der Waals surface area contributed by atoms with Gasteiger partial charge in [0.25, 0.3) is 5.91 Å². The number of carbonyl (C=O) groups is 1. The van der Waals surface area contributed by atoms with Crippen LogP contribution in [-0.2, 0) is 4.74 Å². The zero-order valence-electron chi connectivity index (χ0n) is 10.4. The van der Waals surface area contributed by atoms with Crippen molar-refractivity contribution in [2.24, 2.45) is 5.92 Å². The molecule has 1 aliphatic rings. The Labute approximate surface area is 106 Å². The lowest BCUT2D eigenvalue weighted by Gasteiger charge is -2.13. The van der Waals surface area contributed by atoms with Crippen molar-refractivity contribution in [2.45, 2.75) is 6.42 Å². The minimum Gasteiger partial charge on any atom is -0.496 e. The lowest BCUT2D eigenvalue weighted by molar-refractivity contribution is 0.0943. The Balaban J connectivity index is 2.03. The van der Waals surface area contributed by atoms with E-state index in [9.17, 15) is 4.79 Å². The van der Waals surface area contributed by atoms with Gasteiger partial charge in [0.05, 0.1) is 13.7 Å². The van der Waals surface area contributed by atoms with Gasteiger partial charge in [0, 0.05) is 24.8 Å². The summed E-state index contributed by atoms with van der Waals surface area (Å²) >= 11 is 0. The zero-order valence-corrected chi connectivity index (χ0v) is 10.4. The van der Waals surface area contributed by atoms with Crippen molar-refractivity contribution in [3.63, 3.8) is 0 Å². The van der Waals surface area contributed by atoms with E-state index in [0.717, 1.165) is 13.0 Å². The molecular formula is C13H18N2O3. The first kappa shape index (κ1) is 12.7. The van der Waals surface area contributed by atoms with E-state index < -0.39 is 0 Å². The fourth-order valence-electron chi connectivity index (χ4n) is 2.03. The van der Waals surface area contributed by atoms with Gasteiger partial charge in [-0.2, -0.15) is 0 Å². The summed E-state index contributed by atoms with van der Waals surface area (Å²) in [6.07, 6.45) is 0.988. The highest BCUT2D eigenvalue weighted by atomic mass is 16.5. The molecule has 2 rings (SSSR count). The first-order valence-electron chi connectivity index (χ1n) is 6.00. The van der Waals surface area contributed by atoms with Gasteiger partial charge in [0.1, 0.15) is 11.3 Å². The minimum atomic E-state index is -0.197. The van der Waals surface area contributed by atoms with Crippen LogP contribution in [0.15, 0.2) is 18.2 Å². The molecule has 1 aromatic carbocycles. The molecule has 18 heavy (non-hydrogen) atoms. The first-order chi connectivity index (χ1) is 8.72. The molecule has 5 heteroatoms. The number of carbonyl (C=O) groups excluding carboxylic acids is 1. The summed E-state index contributed by atoms with van der Waals surface area (Å²) in [6.45, 7) is 2.09. The molecule has 98 valence electrons. The zero-order chi connectivity index (χ0) is 13.0. The second kappa shape index (κ2) is 5.73. The van der Waals surface area contributed by atoms with Crippen LogP contribution in [0.5, 0.6) is 5.75 Å². The Morgan fingerprint density at radius 1 is 1.61 bits per heavy atom. The molecular weight excluding hydrogens is 232 g/mol. The number of nitrogens with one attached hydrogen (secondary N) is 1. The van der Waals surface area contributed by atoms with Crippen molar-refractivity contribution >= 4 is 11.6 Å². The Kier molecular flexibility index (Phi) is 4.04. The summed E-state index contributed by atoms with van der Waals surface area (Å²) in [7, 11) is 1.52. The molecule has 1 unspecified atom stereocenters. The molecule has 1 amide bonds. The van der Waals surface area contributed by atoms with Gasteiger partial charge in [-0.1, -0.05) is 6.07 Å². The molecule has 1 aromatic rings. The number of methoxy groups -OCH3 is 1. The van der Waals surface area contributed by atoms with E-state index >= 15 is 0 Å². The molecule has 1 saturated heterocycles. The molecule has 0 aliphatic carbocycles. The van der Waals surface area contributed by atoms with Crippen molar-refractivity contribution < 1.29 is 14.3 Å². The maximum absolute atomic E-state index is 12.1. The van der Waals surface area contributed by atoms with Gasteiger partial charge in [-0.25, -0.2) is 0 Å². The van der Waals surface area contributed by atoms with Gasteiger partial charge in [-0.05, 0) is 18.6 Å². The predicted molar refractivity (Wildman–Crippen MR) is 68.7 cm³/mol. The summed E-state index contributed by atoms with van der Waals surface area (Å²) in [5.41, 5.74) is 6.64. The largest absolute Gasteiger partial charge is 0.496 e. The molecule has 0 radical (unpaired) electrons. The first-order valence-corrected chi connectivity index (χ1v) is 6.00. The van der Waals surface area contributed by atoms with Crippen LogP contribution < -0.4 is 15.8 Å². The molecule has 1 fully saturated rings. The maximum Gasteiger partial charge on any atom is 0.257 e. The number of nitrogen functional groups attached to an aromatic ring is 1. The summed E-state index contributed by atoms with van der Waals surface area (Å²) in [5, 5.41) is 2.88. The van der Waals surface area contributed by atoms with Gasteiger partial charge >= 0.3 is 0 Å². The Hall–Kier alpha value is -1.75. The van der Waals surface area contributed by atoms with E-state index in [1.54, 1.807) is 18.2 Å². The topological polar surface area (TPSA) is 73.6 Å². The number of benzene rings is 1. The van der Waals surface area contributed by atoms with Gasteiger partial charge in [0.15, 0.2) is 0 Å². The van der Waals surface area contributed by atoms with Crippen LogP contribution >= 0.6 is 0 Å². The number of ether oxygens (including phenoxy) is 2. The highest BCUT2D eigenvalue weighted by Gasteiger charge is 2.19. The number of nitrogens with two attached hydrogens (primary N) is 1. The van der Waals surface area contributed by atoms with Crippen LogP contribution in [0.1, 0.15) is 16.8 Å². The molecule has 0 spiro atoms. The van der Waals surface area contributed by atoms with E-state index in [4.69, 9.17) is 15.2 Å². The van der Waals surface area contributed by atoms with Crippen molar-refractivity contribution in [1.82, 2.24) is 5.32 Å². The normalized spacial score (nSPS) is 18.6. The van der Waals surface area contributed by atoms with Crippen LogP contribution in [0.4, 0.5) is 5.69 Å². The number of anilines is 1. The summed E-state index contributed by atoms with van der Waals surface area (Å²) in [4.78, 5) is 12.1. The molecule has 0 saturated carbocycles. The number of hydrogen-bond donors (Lipinski definition) is 2. The van der Waals surface area contributed by atoms with Crippen molar-refractivity contribution in [1.29, 1.82) is 0 Å². The fraction of sp³-hybridized carbons (Fsp3) is 0.462. The average Bonchev–Trinajstić information content (AvgIpc) is 2.88. The number of amides is 1. The van der Waals surface area contributed by atoms with Gasteiger partial charge in [0.2, 0.25) is 0 Å². The minimum absolute atomic E-state index is 0.197. The molecule has 1 atom stereocenters. The number of hydrogen-bond acceptors (Lipinski definition) is 4. The summed E-state index contributed by atoms with van der Waals surface area (Å²) in [5.74, 6) is 0.692. The van der Waals surface area contributed by atoms with Crippen LogP contribution in [0.25, 0.3) is 0 Å². The van der Waals surface area contributed by atoms with E-state index in [1.807, 2.05) is 0 Å². The lowest BCUT2D eigenvalue weighted by Crippen LogP contribution is -2.30. The third-order valence-corrected chi connectivity index (χ3v) is 3.08. The van der Waals surface area contributed by atoms with Crippen LogP contribution in [-0.4, -0.2) is 32.8 Å².